The number of aromatic nitrogens is 1. The highest BCUT2D eigenvalue weighted by molar-refractivity contribution is 7.89. The molecular weight excluding hydrogens is 274 g/mol. The minimum Gasteiger partial charge on any atom is -0.349 e. The third kappa shape index (κ3) is 4.07. The van der Waals surface area contributed by atoms with Crippen molar-refractivity contribution in [3.05, 3.63) is 18.0 Å². The largest absolute Gasteiger partial charge is 0.349 e. The minimum atomic E-state index is -3.36. The van der Waals surface area contributed by atoms with Gasteiger partial charge in [0.05, 0.1) is 4.90 Å². The van der Waals surface area contributed by atoms with Gasteiger partial charge in [-0.1, -0.05) is 13.8 Å². The standard InChI is InChI=1S/C14H25N3O2S/c1-3-7-17-11-14(8-13(17)10-15-4-2)20(18,19)16-9-12-5-6-12/h8,11-12,15-16H,3-7,9-10H2,1-2H3. The van der Waals surface area contributed by atoms with Crippen molar-refractivity contribution in [3.63, 3.8) is 0 Å². The van der Waals surface area contributed by atoms with Crippen LogP contribution in [0.2, 0.25) is 0 Å². The molecule has 1 saturated carbocycles. The van der Waals surface area contributed by atoms with Gasteiger partial charge in [0, 0.05) is 31.5 Å². The van der Waals surface area contributed by atoms with Crippen molar-refractivity contribution in [1.82, 2.24) is 14.6 Å². The lowest BCUT2D eigenvalue weighted by molar-refractivity contribution is 0.576. The molecule has 0 spiro atoms. The van der Waals surface area contributed by atoms with Crippen molar-refractivity contribution >= 4 is 10.0 Å². The van der Waals surface area contributed by atoms with Crippen LogP contribution in [0.5, 0.6) is 0 Å². The van der Waals surface area contributed by atoms with Crippen LogP contribution in [-0.2, 0) is 23.1 Å². The topological polar surface area (TPSA) is 63.1 Å². The summed E-state index contributed by atoms with van der Waals surface area (Å²) < 4.78 is 29.3. The first kappa shape index (κ1) is 15.5. The second kappa shape index (κ2) is 6.74. The highest BCUT2D eigenvalue weighted by atomic mass is 32.2. The second-order valence-electron chi connectivity index (χ2n) is 5.44. The van der Waals surface area contributed by atoms with Crippen molar-refractivity contribution in [2.24, 2.45) is 5.92 Å². The van der Waals surface area contributed by atoms with Gasteiger partial charge in [-0.2, -0.15) is 0 Å². The molecule has 1 heterocycles. The van der Waals surface area contributed by atoms with Crippen LogP contribution in [-0.4, -0.2) is 26.1 Å². The third-order valence-electron chi connectivity index (χ3n) is 3.55. The van der Waals surface area contributed by atoms with Crippen LogP contribution >= 0.6 is 0 Å². The smallest absolute Gasteiger partial charge is 0.242 e. The number of hydrogen-bond donors (Lipinski definition) is 2. The molecule has 0 saturated heterocycles. The molecular formula is C14H25N3O2S. The lowest BCUT2D eigenvalue weighted by Gasteiger charge is -2.07. The Balaban J connectivity index is 2.12. The van der Waals surface area contributed by atoms with Crippen molar-refractivity contribution < 1.29 is 8.42 Å². The van der Waals surface area contributed by atoms with Crippen LogP contribution in [0.1, 0.15) is 38.8 Å². The van der Waals surface area contributed by atoms with E-state index in [4.69, 9.17) is 0 Å². The van der Waals surface area contributed by atoms with Gasteiger partial charge in [-0.25, -0.2) is 13.1 Å². The minimum absolute atomic E-state index is 0.388. The molecule has 6 heteroatoms. The van der Waals surface area contributed by atoms with Crippen LogP contribution in [0.3, 0.4) is 0 Å². The summed E-state index contributed by atoms with van der Waals surface area (Å²) in [7, 11) is -3.36. The van der Waals surface area contributed by atoms with Crippen LogP contribution in [0.25, 0.3) is 0 Å². The first-order chi connectivity index (χ1) is 9.56. The molecule has 0 amide bonds. The molecule has 1 fully saturated rings. The summed E-state index contributed by atoms with van der Waals surface area (Å²) in [6, 6.07) is 1.79. The molecule has 5 nitrogen and oxygen atoms in total. The lowest BCUT2D eigenvalue weighted by atomic mass is 10.4. The summed E-state index contributed by atoms with van der Waals surface area (Å²) in [5.41, 5.74) is 1.03. The van der Waals surface area contributed by atoms with E-state index >= 15 is 0 Å². The van der Waals surface area contributed by atoms with E-state index in [0.29, 0.717) is 23.9 Å². The van der Waals surface area contributed by atoms with E-state index in [1.54, 1.807) is 12.3 Å². The lowest BCUT2D eigenvalue weighted by Crippen LogP contribution is -2.25. The van der Waals surface area contributed by atoms with Gasteiger partial charge in [0.25, 0.3) is 0 Å². The maximum Gasteiger partial charge on any atom is 0.242 e. The Kier molecular flexibility index (Phi) is 5.23. The molecule has 0 aliphatic heterocycles. The predicted molar refractivity (Wildman–Crippen MR) is 80.0 cm³/mol. The summed E-state index contributed by atoms with van der Waals surface area (Å²) in [4.78, 5) is 0.388. The fraction of sp³-hybridized carbons (Fsp3) is 0.714. The zero-order chi connectivity index (χ0) is 14.6. The summed E-state index contributed by atoms with van der Waals surface area (Å²) in [6.45, 7) is 7.13. The second-order valence-corrected chi connectivity index (χ2v) is 7.20. The first-order valence-electron chi connectivity index (χ1n) is 7.46. The summed E-state index contributed by atoms with van der Waals surface area (Å²) in [5.74, 6) is 0.545. The monoisotopic (exact) mass is 299 g/mol. The number of nitrogens with zero attached hydrogens (tertiary/aromatic N) is 1. The van der Waals surface area contributed by atoms with E-state index < -0.39 is 10.0 Å². The Morgan fingerprint density at radius 1 is 1.35 bits per heavy atom. The molecule has 1 aliphatic rings. The zero-order valence-corrected chi connectivity index (χ0v) is 13.2. The van der Waals surface area contributed by atoms with Gasteiger partial charge in [-0.05, 0) is 37.8 Å². The SMILES string of the molecule is CCCn1cc(S(=O)(=O)NCC2CC2)cc1CNCC. The van der Waals surface area contributed by atoms with Crippen LogP contribution in [0, 0.1) is 5.92 Å². The number of rotatable bonds is 9. The maximum absolute atomic E-state index is 12.3. The normalized spacial score (nSPS) is 15.7. The van der Waals surface area contributed by atoms with Crippen LogP contribution in [0.15, 0.2) is 17.2 Å². The molecule has 1 aliphatic carbocycles. The highest BCUT2D eigenvalue weighted by Gasteiger charge is 2.25. The Bertz CT molecular complexity index is 533. The van der Waals surface area contributed by atoms with Crippen molar-refractivity contribution in [2.75, 3.05) is 13.1 Å². The molecule has 0 radical (unpaired) electrons. The van der Waals surface area contributed by atoms with Gasteiger partial charge >= 0.3 is 0 Å². The Morgan fingerprint density at radius 3 is 2.70 bits per heavy atom. The fourth-order valence-electron chi connectivity index (χ4n) is 2.16. The van der Waals surface area contributed by atoms with Crippen molar-refractivity contribution in [3.8, 4) is 0 Å². The van der Waals surface area contributed by atoms with Gasteiger partial charge in [0.2, 0.25) is 10.0 Å². The summed E-state index contributed by atoms with van der Waals surface area (Å²) in [6.07, 6.45) is 5.03. The molecule has 2 N–H and O–H groups in total. The van der Waals surface area contributed by atoms with E-state index in [2.05, 4.69) is 17.0 Å². The summed E-state index contributed by atoms with van der Waals surface area (Å²) >= 11 is 0. The van der Waals surface area contributed by atoms with Crippen LogP contribution in [0.4, 0.5) is 0 Å². The van der Waals surface area contributed by atoms with E-state index in [9.17, 15) is 8.42 Å². The molecule has 0 unspecified atom stereocenters. The molecule has 1 aromatic heterocycles. The Morgan fingerprint density at radius 2 is 2.10 bits per heavy atom. The van der Waals surface area contributed by atoms with E-state index in [1.807, 2.05) is 11.5 Å². The maximum atomic E-state index is 12.3. The quantitative estimate of drug-likeness (QED) is 0.729. The number of hydrogen-bond acceptors (Lipinski definition) is 3. The predicted octanol–water partition coefficient (Wildman–Crippen LogP) is 1.70. The van der Waals surface area contributed by atoms with Gasteiger partial charge in [0.1, 0.15) is 0 Å². The van der Waals surface area contributed by atoms with E-state index in [1.165, 1.54) is 0 Å². The van der Waals surface area contributed by atoms with Crippen molar-refractivity contribution in [2.45, 2.75) is 51.1 Å². The first-order valence-corrected chi connectivity index (χ1v) is 8.94. The highest BCUT2D eigenvalue weighted by Crippen LogP contribution is 2.28. The van der Waals surface area contributed by atoms with Crippen LogP contribution < -0.4 is 10.0 Å². The number of nitrogens with one attached hydrogen (secondary N) is 2. The van der Waals surface area contributed by atoms with Crippen molar-refractivity contribution in [1.29, 1.82) is 0 Å². The molecule has 114 valence electrons. The summed E-state index contributed by atoms with van der Waals surface area (Å²) in [5, 5.41) is 3.25. The molecule has 0 bridgehead atoms. The molecule has 2 rings (SSSR count). The van der Waals surface area contributed by atoms with E-state index in [0.717, 1.165) is 38.0 Å². The van der Waals surface area contributed by atoms with Gasteiger partial charge < -0.3 is 9.88 Å². The zero-order valence-electron chi connectivity index (χ0n) is 12.4. The van der Waals surface area contributed by atoms with E-state index in [-0.39, 0.29) is 0 Å². The Hall–Kier alpha value is -0.850. The number of sulfonamides is 1. The van der Waals surface area contributed by atoms with Gasteiger partial charge in [0.15, 0.2) is 0 Å². The molecule has 1 aromatic rings. The average molecular weight is 299 g/mol. The molecule has 0 aromatic carbocycles. The van der Waals surface area contributed by atoms with Gasteiger partial charge in [-0.3, -0.25) is 0 Å². The van der Waals surface area contributed by atoms with Gasteiger partial charge in [-0.15, -0.1) is 0 Å². The average Bonchev–Trinajstić information content (AvgIpc) is 3.16. The fourth-order valence-corrected chi connectivity index (χ4v) is 3.33. The molecule has 20 heavy (non-hydrogen) atoms. The molecule has 0 atom stereocenters. The third-order valence-corrected chi connectivity index (χ3v) is 4.94. The Labute approximate surface area is 121 Å². The number of aryl methyl sites for hydroxylation is 1.